The van der Waals surface area contributed by atoms with Crippen molar-refractivity contribution in [3.8, 4) is 0 Å². The Morgan fingerprint density at radius 1 is 0.816 bits per heavy atom. The Hall–Kier alpha value is -2.36. The molecule has 3 heteroatoms. The van der Waals surface area contributed by atoms with Gasteiger partial charge in [0, 0.05) is 36.8 Å². The molecule has 0 amide bonds. The smallest absolute Gasteiger partial charge is 0.0811 e. The van der Waals surface area contributed by atoms with Gasteiger partial charge in [-0.2, -0.15) is 0 Å². The highest BCUT2D eigenvalue weighted by Gasteiger charge is 2.34. The van der Waals surface area contributed by atoms with E-state index in [2.05, 4.69) is 93.6 Å². The van der Waals surface area contributed by atoms with Crippen LogP contribution in [0.1, 0.15) is 79.1 Å². The predicted octanol–water partition coefficient (Wildman–Crippen LogP) is 8.62. The first kappa shape index (κ1) is 31.9. The summed E-state index contributed by atoms with van der Waals surface area (Å²) in [6, 6.07) is 1.12. The lowest BCUT2D eigenvalue weighted by Gasteiger charge is -2.42. The number of allylic oxidation sites excluding steroid dienone is 11. The van der Waals surface area contributed by atoms with Crippen LogP contribution in [-0.4, -0.2) is 42.8 Å². The van der Waals surface area contributed by atoms with Crippen molar-refractivity contribution in [3.05, 3.63) is 96.8 Å². The van der Waals surface area contributed by atoms with Crippen molar-refractivity contribution in [1.82, 2.24) is 10.2 Å². The van der Waals surface area contributed by atoms with Crippen molar-refractivity contribution in [1.29, 1.82) is 0 Å². The van der Waals surface area contributed by atoms with Gasteiger partial charge in [0.25, 0.3) is 0 Å². The quantitative estimate of drug-likeness (QED) is 0.277. The highest BCUT2D eigenvalue weighted by Crippen LogP contribution is 2.32. The molecule has 0 spiro atoms. The SMILES string of the molecule is C=C/C=C\C(=C/C)NC1CCCCCCC(N2CCOC(C(C(/C=C\C)=C/C)C(/C=C\C=C)=C/C)C2)CC1. The molecule has 1 aliphatic heterocycles. The lowest BCUT2D eigenvalue weighted by Crippen LogP contribution is -2.50. The fraction of sp³-hybridized carbons (Fsp3) is 0.543. The van der Waals surface area contributed by atoms with Crippen molar-refractivity contribution in [2.24, 2.45) is 5.92 Å². The Kier molecular flexibility index (Phi) is 15.8. The molecule has 0 bridgehead atoms. The van der Waals surface area contributed by atoms with Gasteiger partial charge in [0.15, 0.2) is 0 Å². The Bertz CT molecular complexity index is 888. The van der Waals surface area contributed by atoms with Crippen LogP contribution in [0.5, 0.6) is 0 Å². The summed E-state index contributed by atoms with van der Waals surface area (Å²) in [4.78, 5) is 2.75. The van der Waals surface area contributed by atoms with E-state index in [4.69, 9.17) is 4.74 Å². The number of nitrogens with zero attached hydrogens (tertiary/aromatic N) is 1. The maximum absolute atomic E-state index is 6.53. The van der Waals surface area contributed by atoms with Crippen molar-refractivity contribution in [2.75, 3.05) is 19.7 Å². The summed E-state index contributed by atoms with van der Waals surface area (Å²) < 4.78 is 6.53. The van der Waals surface area contributed by atoms with Gasteiger partial charge in [-0.3, -0.25) is 4.90 Å². The summed E-state index contributed by atoms with van der Waals surface area (Å²) in [7, 11) is 0. The van der Waals surface area contributed by atoms with E-state index in [1.807, 2.05) is 24.3 Å². The number of morpholine rings is 1. The van der Waals surface area contributed by atoms with Crippen LogP contribution in [0, 0.1) is 5.92 Å². The van der Waals surface area contributed by atoms with Crippen LogP contribution in [-0.2, 0) is 4.74 Å². The molecule has 1 saturated heterocycles. The second-order valence-electron chi connectivity index (χ2n) is 10.5. The molecular weight excluding hydrogens is 464 g/mol. The van der Waals surface area contributed by atoms with Gasteiger partial charge in [0.2, 0.25) is 0 Å². The summed E-state index contributed by atoms with van der Waals surface area (Å²) in [5.41, 5.74) is 3.82. The Morgan fingerprint density at radius 3 is 2.16 bits per heavy atom. The molecule has 0 aromatic rings. The molecule has 4 unspecified atom stereocenters. The normalized spacial score (nSPS) is 26.6. The number of nitrogens with one attached hydrogen (secondary N) is 1. The Balaban J connectivity index is 2.22. The molecule has 3 nitrogen and oxygen atoms in total. The lowest BCUT2D eigenvalue weighted by atomic mass is 9.83. The van der Waals surface area contributed by atoms with Gasteiger partial charge in [-0.15, -0.1) is 0 Å². The third-order valence-electron chi connectivity index (χ3n) is 7.96. The maximum Gasteiger partial charge on any atom is 0.0811 e. The van der Waals surface area contributed by atoms with E-state index in [1.165, 1.54) is 68.2 Å². The van der Waals surface area contributed by atoms with Crippen LogP contribution < -0.4 is 5.32 Å². The van der Waals surface area contributed by atoms with E-state index in [-0.39, 0.29) is 12.0 Å². The minimum Gasteiger partial charge on any atom is -0.383 e. The number of hydrogen-bond acceptors (Lipinski definition) is 3. The van der Waals surface area contributed by atoms with Gasteiger partial charge in [0.05, 0.1) is 12.7 Å². The summed E-state index contributed by atoms with van der Waals surface area (Å²) in [6.45, 7) is 19.0. The number of rotatable bonds is 11. The van der Waals surface area contributed by atoms with Crippen molar-refractivity contribution in [2.45, 2.75) is 97.2 Å². The van der Waals surface area contributed by atoms with Crippen LogP contribution in [0.25, 0.3) is 0 Å². The zero-order chi connectivity index (χ0) is 27.6. The monoisotopic (exact) mass is 518 g/mol. The predicted molar refractivity (Wildman–Crippen MR) is 167 cm³/mol. The second-order valence-corrected chi connectivity index (χ2v) is 10.5. The zero-order valence-electron chi connectivity index (χ0n) is 24.7. The molecule has 0 radical (unpaired) electrons. The molecule has 0 aromatic heterocycles. The minimum absolute atomic E-state index is 0.134. The molecule has 1 aliphatic carbocycles. The lowest BCUT2D eigenvalue weighted by molar-refractivity contribution is -0.0592. The molecular formula is C35H54N2O. The van der Waals surface area contributed by atoms with E-state index < -0.39 is 0 Å². The Labute approximate surface area is 234 Å². The standard InChI is InChI=1S/C35H54N2O/c1-7-13-20-30(11-5)35(29(10-4)19-9-3)34-28-37(26-27-38-34)33-23-18-16-15-17-22-32(24-25-33)36-31(12-6)21-14-8-2/h7-14,19-21,32-36H,1-2,15-18,22-28H2,3-6H3/b19-9-,20-13-,21-14-,29-10+,30-11+,31-12+. The van der Waals surface area contributed by atoms with Gasteiger partial charge in [-0.05, 0) is 70.6 Å². The van der Waals surface area contributed by atoms with E-state index in [1.54, 1.807) is 0 Å². The van der Waals surface area contributed by atoms with E-state index in [0.29, 0.717) is 12.1 Å². The van der Waals surface area contributed by atoms with Crippen LogP contribution in [0.15, 0.2) is 96.8 Å². The zero-order valence-corrected chi connectivity index (χ0v) is 24.7. The fourth-order valence-electron chi connectivity index (χ4n) is 5.93. The Morgan fingerprint density at radius 2 is 1.50 bits per heavy atom. The van der Waals surface area contributed by atoms with E-state index in [0.717, 1.165) is 19.7 Å². The van der Waals surface area contributed by atoms with Crippen LogP contribution in [0.4, 0.5) is 0 Å². The first-order chi connectivity index (χ1) is 18.6. The van der Waals surface area contributed by atoms with Crippen LogP contribution in [0.3, 0.4) is 0 Å². The van der Waals surface area contributed by atoms with Gasteiger partial charge in [0.1, 0.15) is 0 Å². The molecule has 1 saturated carbocycles. The summed E-state index contributed by atoms with van der Waals surface area (Å²) in [5.74, 6) is 0.211. The van der Waals surface area contributed by atoms with Gasteiger partial charge >= 0.3 is 0 Å². The summed E-state index contributed by atoms with van der Waals surface area (Å²) in [5, 5.41) is 3.83. The molecule has 1 heterocycles. The molecule has 0 aromatic carbocycles. The average molecular weight is 519 g/mol. The highest BCUT2D eigenvalue weighted by atomic mass is 16.5. The maximum atomic E-state index is 6.53. The molecule has 1 N–H and O–H groups in total. The largest absolute Gasteiger partial charge is 0.383 e. The van der Waals surface area contributed by atoms with Crippen molar-refractivity contribution < 1.29 is 4.74 Å². The molecule has 210 valence electrons. The van der Waals surface area contributed by atoms with Gasteiger partial charge in [-0.1, -0.05) is 99.6 Å². The summed E-state index contributed by atoms with van der Waals surface area (Å²) >= 11 is 0. The number of ether oxygens (including phenoxy) is 1. The molecule has 2 rings (SSSR count). The topological polar surface area (TPSA) is 24.5 Å². The first-order valence-corrected chi connectivity index (χ1v) is 14.9. The van der Waals surface area contributed by atoms with E-state index >= 15 is 0 Å². The van der Waals surface area contributed by atoms with Gasteiger partial charge < -0.3 is 10.1 Å². The third kappa shape index (κ3) is 10.4. The summed E-state index contributed by atoms with van der Waals surface area (Å²) in [6.07, 6.45) is 33.6. The number of hydrogen-bond donors (Lipinski definition) is 1. The van der Waals surface area contributed by atoms with Crippen LogP contribution >= 0.6 is 0 Å². The average Bonchev–Trinajstić information content (AvgIpc) is 2.95. The molecule has 2 fully saturated rings. The van der Waals surface area contributed by atoms with Gasteiger partial charge in [-0.25, -0.2) is 0 Å². The third-order valence-corrected chi connectivity index (χ3v) is 7.96. The first-order valence-electron chi connectivity index (χ1n) is 14.9. The van der Waals surface area contributed by atoms with Crippen molar-refractivity contribution >= 4 is 0 Å². The fourth-order valence-corrected chi connectivity index (χ4v) is 5.93. The molecule has 38 heavy (non-hydrogen) atoms. The highest BCUT2D eigenvalue weighted by molar-refractivity contribution is 5.37. The minimum atomic E-state index is 0.134. The second kappa shape index (κ2) is 18.8. The van der Waals surface area contributed by atoms with Crippen LogP contribution in [0.2, 0.25) is 0 Å². The molecule has 4 atom stereocenters. The van der Waals surface area contributed by atoms with Crippen molar-refractivity contribution in [3.63, 3.8) is 0 Å². The van der Waals surface area contributed by atoms with E-state index in [9.17, 15) is 0 Å². The molecule has 2 aliphatic rings.